The van der Waals surface area contributed by atoms with Crippen molar-refractivity contribution in [3.63, 3.8) is 0 Å². The van der Waals surface area contributed by atoms with Gasteiger partial charge in [-0.15, -0.1) is 0 Å². The molecule has 1 aliphatic rings. The van der Waals surface area contributed by atoms with Crippen molar-refractivity contribution in [2.75, 3.05) is 31.3 Å². The minimum absolute atomic E-state index is 0.00721. The number of hydrogen-bond acceptors (Lipinski definition) is 8. The Labute approximate surface area is 232 Å². The average Bonchev–Trinajstić information content (AvgIpc) is 3.35. The highest BCUT2D eigenvalue weighted by Gasteiger charge is 2.23. The van der Waals surface area contributed by atoms with Crippen LogP contribution in [-0.4, -0.2) is 62.4 Å². The number of para-hydroxylation sites is 1. The van der Waals surface area contributed by atoms with Gasteiger partial charge in [-0.25, -0.2) is 4.98 Å². The molecule has 10 nitrogen and oxygen atoms in total. The number of nitrogens with one attached hydrogen (secondary N) is 1. The summed E-state index contributed by atoms with van der Waals surface area (Å²) in [4.78, 5) is 27.6. The number of aromatic amines is 1. The fraction of sp³-hybridized carbons (Fsp3) is 0.333. The second-order valence-electron chi connectivity index (χ2n) is 10.8. The molecule has 206 valence electrons. The van der Waals surface area contributed by atoms with Gasteiger partial charge in [0.25, 0.3) is 5.56 Å². The number of nitrogen functional groups attached to an aromatic ring is 1. The van der Waals surface area contributed by atoms with Crippen LogP contribution in [0.15, 0.2) is 59.5 Å². The standard InChI is InChI=1S/C30H34N8O2/c1-18(2)36(3)16-19-9-12-21(13-10-19)38-28-23(26-25(29(38)39)27(31)35-34-26)15-32-30(33-28)37(4)17-22-14-11-20-7-5-6-8-24(20)40-22/h5-10,12-13,15,18,22H,11,14,16-17H2,1-4H3,(H3,31,34,35)/t22-/m1/s1. The molecule has 4 heterocycles. The minimum Gasteiger partial charge on any atom is -0.488 e. The van der Waals surface area contributed by atoms with E-state index in [-0.39, 0.29) is 17.5 Å². The number of aromatic nitrogens is 5. The van der Waals surface area contributed by atoms with E-state index >= 15 is 0 Å². The van der Waals surface area contributed by atoms with Gasteiger partial charge < -0.3 is 15.4 Å². The van der Waals surface area contributed by atoms with Crippen LogP contribution >= 0.6 is 0 Å². The fourth-order valence-electron chi connectivity index (χ4n) is 5.23. The number of likely N-dealkylation sites (N-methyl/N-ethyl adjacent to an activating group) is 1. The highest BCUT2D eigenvalue weighted by Crippen LogP contribution is 2.29. The Kier molecular flexibility index (Phi) is 6.63. The molecular weight excluding hydrogens is 504 g/mol. The summed E-state index contributed by atoms with van der Waals surface area (Å²) in [6.45, 7) is 5.75. The summed E-state index contributed by atoms with van der Waals surface area (Å²) >= 11 is 0. The summed E-state index contributed by atoms with van der Waals surface area (Å²) in [5.41, 5.74) is 9.95. The van der Waals surface area contributed by atoms with Crippen LogP contribution in [0.4, 0.5) is 11.8 Å². The first kappa shape index (κ1) is 25.8. The first-order chi connectivity index (χ1) is 19.3. The Morgan fingerprint density at radius 1 is 1.15 bits per heavy atom. The van der Waals surface area contributed by atoms with Gasteiger partial charge in [0.1, 0.15) is 17.2 Å². The molecule has 3 N–H and O–H groups in total. The van der Waals surface area contributed by atoms with Crippen LogP contribution in [0.5, 0.6) is 5.75 Å². The van der Waals surface area contributed by atoms with Gasteiger partial charge in [0.15, 0.2) is 11.5 Å². The molecule has 0 aliphatic carbocycles. The van der Waals surface area contributed by atoms with Crippen LogP contribution in [0.25, 0.3) is 27.6 Å². The number of fused-ring (bicyclic) bond motifs is 4. The van der Waals surface area contributed by atoms with Gasteiger partial charge in [-0.05, 0) is 63.1 Å². The lowest BCUT2D eigenvalue weighted by Gasteiger charge is -2.29. The molecule has 0 spiro atoms. The molecule has 2 aromatic carbocycles. The summed E-state index contributed by atoms with van der Waals surface area (Å²) in [6, 6.07) is 16.6. The second-order valence-corrected chi connectivity index (χ2v) is 10.8. The Bertz CT molecular complexity index is 1740. The van der Waals surface area contributed by atoms with Crippen LogP contribution in [0.1, 0.15) is 31.4 Å². The number of rotatable bonds is 7. The molecule has 0 radical (unpaired) electrons. The van der Waals surface area contributed by atoms with E-state index in [4.69, 9.17) is 15.5 Å². The van der Waals surface area contributed by atoms with Gasteiger partial charge >= 0.3 is 0 Å². The van der Waals surface area contributed by atoms with E-state index in [1.165, 1.54) is 5.56 Å². The molecule has 5 aromatic rings. The number of benzene rings is 2. The van der Waals surface area contributed by atoms with E-state index in [1.807, 2.05) is 54.4 Å². The largest absolute Gasteiger partial charge is 0.488 e. The molecule has 0 fully saturated rings. The van der Waals surface area contributed by atoms with Crippen LogP contribution in [0.2, 0.25) is 0 Å². The van der Waals surface area contributed by atoms with E-state index in [1.54, 1.807) is 10.8 Å². The van der Waals surface area contributed by atoms with E-state index in [9.17, 15) is 4.79 Å². The quantitative estimate of drug-likeness (QED) is 0.320. The van der Waals surface area contributed by atoms with Crippen molar-refractivity contribution in [2.45, 2.75) is 45.4 Å². The number of H-pyrrole nitrogens is 1. The Hall–Kier alpha value is -4.44. The minimum atomic E-state index is -0.277. The number of nitrogens with zero attached hydrogens (tertiary/aromatic N) is 6. The lowest BCUT2D eigenvalue weighted by atomic mass is 10.0. The lowest BCUT2D eigenvalue weighted by molar-refractivity contribution is 0.179. The van der Waals surface area contributed by atoms with E-state index in [2.05, 4.69) is 47.0 Å². The maximum absolute atomic E-state index is 13.8. The molecule has 0 bridgehead atoms. The average molecular weight is 539 g/mol. The van der Waals surface area contributed by atoms with Crippen molar-refractivity contribution < 1.29 is 4.74 Å². The van der Waals surface area contributed by atoms with Crippen LogP contribution in [-0.2, 0) is 13.0 Å². The molecule has 3 aromatic heterocycles. The second kappa shape index (κ2) is 10.3. The molecular formula is C30H34N8O2. The van der Waals surface area contributed by atoms with Gasteiger partial charge in [0.05, 0.1) is 23.1 Å². The van der Waals surface area contributed by atoms with E-state index < -0.39 is 0 Å². The Morgan fingerprint density at radius 3 is 2.70 bits per heavy atom. The number of hydrogen-bond donors (Lipinski definition) is 2. The van der Waals surface area contributed by atoms with Gasteiger partial charge in [0, 0.05) is 25.8 Å². The third kappa shape index (κ3) is 4.64. The Balaban J connectivity index is 1.38. The Morgan fingerprint density at radius 2 is 1.93 bits per heavy atom. The topological polar surface area (TPSA) is 118 Å². The predicted molar refractivity (Wildman–Crippen MR) is 158 cm³/mol. The third-order valence-corrected chi connectivity index (χ3v) is 7.78. The fourth-order valence-corrected chi connectivity index (χ4v) is 5.23. The SMILES string of the molecule is CC(C)N(C)Cc1ccc(-n2c(=O)c3c(N)n[nH]c3c3cnc(N(C)C[C@H]4CCc5ccccc5O4)nc32)cc1. The van der Waals surface area contributed by atoms with Crippen molar-refractivity contribution in [3.05, 3.63) is 76.2 Å². The zero-order valence-electron chi connectivity index (χ0n) is 23.3. The van der Waals surface area contributed by atoms with Crippen LogP contribution in [0.3, 0.4) is 0 Å². The molecule has 10 heteroatoms. The first-order valence-corrected chi connectivity index (χ1v) is 13.6. The van der Waals surface area contributed by atoms with Crippen LogP contribution < -0.4 is 20.9 Å². The molecule has 0 amide bonds. The van der Waals surface area contributed by atoms with Crippen LogP contribution in [0, 0.1) is 0 Å². The summed E-state index contributed by atoms with van der Waals surface area (Å²) in [5.74, 6) is 1.59. The highest BCUT2D eigenvalue weighted by molar-refractivity contribution is 6.05. The molecule has 1 aliphatic heterocycles. The monoisotopic (exact) mass is 538 g/mol. The number of anilines is 2. The maximum Gasteiger partial charge on any atom is 0.270 e. The molecule has 0 saturated heterocycles. The summed E-state index contributed by atoms with van der Waals surface area (Å²) in [7, 11) is 4.04. The van der Waals surface area contributed by atoms with Gasteiger partial charge in [-0.1, -0.05) is 30.3 Å². The first-order valence-electron chi connectivity index (χ1n) is 13.6. The number of nitrogens with two attached hydrogens (primary N) is 1. The molecule has 40 heavy (non-hydrogen) atoms. The number of pyridine rings is 1. The van der Waals surface area contributed by atoms with Crippen molar-refractivity contribution in [2.24, 2.45) is 0 Å². The third-order valence-electron chi connectivity index (χ3n) is 7.78. The molecule has 0 unspecified atom stereocenters. The molecule has 0 saturated carbocycles. The van der Waals surface area contributed by atoms with Crippen molar-refractivity contribution in [3.8, 4) is 11.4 Å². The summed E-state index contributed by atoms with van der Waals surface area (Å²) in [5, 5.41) is 8.02. The normalized spacial score (nSPS) is 15.1. The smallest absolute Gasteiger partial charge is 0.270 e. The number of ether oxygens (including phenoxy) is 1. The van der Waals surface area contributed by atoms with Gasteiger partial charge in [0.2, 0.25) is 5.95 Å². The maximum atomic E-state index is 13.8. The molecule has 6 rings (SSSR count). The van der Waals surface area contributed by atoms with Gasteiger partial charge in [-0.2, -0.15) is 10.1 Å². The lowest BCUT2D eigenvalue weighted by Crippen LogP contribution is -2.36. The zero-order valence-corrected chi connectivity index (χ0v) is 23.3. The van der Waals surface area contributed by atoms with Gasteiger partial charge in [-0.3, -0.25) is 19.4 Å². The summed E-state index contributed by atoms with van der Waals surface area (Å²) in [6.07, 6.45) is 3.61. The molecule has 1 atom stereocenters. The zero-order chi connectivity index (χ0) is 28.0. The van der Waals surface area contributed by atoms with Crippen molar-refractivity contribution in [1.82, 2.24) is 29.6 Å². The summed E-state index contributed by atoms with van der Waals surface area (Å²) < 4.78 is 7.86. The van der Waals surface area contributed by atoms with Crippen molar-refractivity contribution in [1.29, 1.82) is 0 Å². The van der Waals surface area contributed by atoms with E-state index in [0.29, 0.717) is 46.2 Å². The number of aryl methyl sites for hydroxylation is 1. The van der Waals surface area contributed by atoms with Crippen molar-refractivity contribution >= 4 is 33.7 Å². The predicted octanol–water partition coefficient (Wildman–Crippen LogP) is 3.91. The van der Waals surface area contributed by atoms with E-state index in [0.717, 1.165) is 30.7 Å². The highest BCUT2D eigenvalue weighted by atomic mass is 16.5.